The normalized spacial score (nSPS) is 12.4. The summed E-state index contributed by atoms with van der Waals surface area (Å²) in [6, 6.07) is 10.4. The molecule has 1 unspecified atom stereocenters. The molecule has 0 aliphatic heterocycles. The summed E-state index contributed by atoms with van der Waals surface area (Å²) in [5.41, 5.74) is 1.22. The number of thiophene rings is 1. The summed E-state index contributed by atoms with van der Waals surface area (Å²) in [7, 11) is 0. The van der Waals surface area contributed by atoms with Crippen LogP contribution in [0.1, 0.15) is 24.9 Å². The van der Waals surface area contributed by atoms with Gasteiger partial charge in [-0.3, -0.25) is 14.2 Å². The van der Waals surface area contributed by atoms with Gasteiger partial charge in [-0.1, -0.05) is 36.7 Å². The second kappa shape index (κ2) is 7.69. The fourth-order valence-corrected chi connectivity index (χ4v) is 4.39. The number of fused-ring (bicyclic) bond motifs is 3. The minimum Gasteiger partial charge on any atom is -0.350 e. The van der Waals surface area contributed by atoms with Gasteiger partial charge in [-0.2, -0.15) is 0 Å². The Hall–Kier alpha value is -2.77. The van der Waals surface area contributed by atoms with E-state index in [9.17, 15) is 9.59 Å². The zero-order chi connectivity index (χ0) is 19.7. The van der Waals surface area contributed by atoms with Gasteiger partial charge in [-0.05, 0) is 30.2 Å². The first-order valence-corrected chi connectivity index (χ1v) is 10.0. The number of halogens is 1. The molecule has 28 heavy (non-hydrogen) atoms. The third kappa shape index (κ3) is 3.27. The number of nitrogens with zero attached hydrogens (tertiary/aromatic N) is 3. The zero-order valence-corrected chi connectivity index (χ0v) is 16.6. The molecule has 1 atom stereocenters. The predicted octanol–water partition coefficient (Wildman–Crippen LogP) is 3.93. The molecule has 0 bridgehead atoms. The van der Waals surface area contributed by atoms with Gasteiger partial charge in [0.15, 0.2) is 0 Å². The maximum absolute atomic E-state index is 13.0. The van der Waals surface area contributed by atoms with Crippen LogP contribution in [0.4, 0.5) is 0 Å². The molecule has 6 nitrogen and oxygen atoms in total. The molecule has 0 saturated heterocycles. The number of benzene rings is 1. The van der Waals surface area contributed by atoms with Crippen LogP contribution in [-0.4, -0.2) is 20.4 Å². The van der Waals surface area contributed by atoms with Crippen molar-refractivity contribution >= 4 is 49.3 Å². The average Bonchev–Trinajstić information content (AvgIpc) is 3.09. The van der Waals surface area contributed by atoms with Crippen LogP contribution in [-0.2, 0) is 11.3 Å². The molecule has 8 heteroatoms. The Kier molecular flexibility index (Phi) is 5.11. The lowest BCUT2D eigenvalue weighted by Gasteiger charge is -2.17. The van der Waals surface area contributed by atoms with Crippen LogP contribution in [0.15, 0.2) is 53.7 Å². The van der Waals surface area contributed by atoms with E-state index in [2.05, 4.69) is 15.3 Å². The Labute approximate surface area is 169 Å². The fourth-order valence-electron chi connectivity index (χ4n) is 3.15. The second-order valence-electron chi connectivity index (χ2n) is 6.33. The van der Waals surface area contributed by atoms with E-state index in [1.54, 1.807) is 12.3 Å². The molecular weight excluding hydrogens is 396 g/mol. The molecule has 1 N–H and O–H groups in total. The van der Waals surface area contributed by atoms with Gasteiger partial charge in [0.1, 0.15) is 15.6 Å². The lowest BCUT2D eigenvalue weighted by molar-refractivity contribution is -0.124. The standard InChI is InChI=1S/C20H17ClN4O2S/c1-2-15(18(26)23-10-12-6-3-4-8-14(12)21)25-11-24-16-13-7-5-9-22-19(13)28-17(16)20(25)27/h3-9,11,15H,2,10H2,1H3,(H,23,26). The highest BCUT2D eigenvalue weighted by Gasteiger charge is 2.22. The van der Waals surface area contributed by atoms with Crippen molar-refractivity contribution in [2.75, 3.05) is 0 Å². The molecule has 0 spiro atoms. The van der Waals surface area contributed by atoms with Crippen molar-refractivity contribution in [1.82, 2.24) is 19.9 Å². The molecule has 4 aromatic rings. The summed E-state index contributed by atoms with van der Waals surface area (Å²) in [5.74, 6) is -0.245. The highest BCUT2D eigenvalue weighted by Crippen LogP contribution is 2.28. The number of carbonyl (C=O) groups excluding carboxylic acids is 1. The molecule has 3 heterocycles. The van der Waals surface area contributed by atoms with E-state index in [4.69, 9.17) is 11.6 Å². The first-order valence-electron chi connectivity index (χ1n) is 8.85. The Morgan fingerprint density at radius 2 is 2.07 bits per heavy atom. The minimum absolute atomic E-state index is 0.229. The number of rotatable bonds is 5. The highest BCUT2D eigenvalue weighted by molar-refractivity contribution is 7.25. The molecule has 0 radical (unpaired) electrons. The monoisotopic (exact) mass is 412 g/mol. The molecule has 1 aromatic carbocycles. The summed E-state index contributed by atoms with van der Waals surface area (Å²) in [6.45, 7) is 2.16. The number of amides is 1. The number of hydrogen-bond acceptors (Lipinski definition) is 5. The second-order valence-corrected chi connectivity index (χ2v) is 7.73. The molecule has 1 amide bonds. The lowest BCUT2D eigenvalue weighted by atomic mass is 10.2. The van der Waals surface area contributed by atoms with E-state index in [0.29, 0.717) is 28.2 Å². The SMILES string of the molecule is CCC(C(=O)NCc1ccccc1Cl)n1cnc2c(sc3ncccc32)c1=O. The van der Waals surface area contributed by atoms with Gasteiger partial charge in [0.05, 0.1) is 11.8 Å². The van der Waals surface area contributed by atoms with Gasteiger partial charge in [-0.15, -0.1) is 11.3 Å². The lowest BCUT2D eigenvalue weighted by Crippen LogP contribution is -2.36. The number of aromatic nitrogens is 3. The van der Waals surface area contributed by atoms with Gasteiger partial charge in [0.2, 0.25) is 5.91 Å². The Morgan fingerprint density at radius 1 is 1.25 bits per heavy atom. The van der Waals surface area contributed by atoms with Gasteiger partial charge >= 0.3 is 0 Å². The third-order valence-electron chi connectivity index (χ3n) is 4.62. The summed E-state index contributed by atoms with van der Waals surface area (Å²) >= 11 is 7.44. The van der Waals surface area contributed by atoms with Crippen LogP contribution in [0, 0.1) is 0 Å². The van der Waals surface area contributed by atoms with Crippen LogP contribution in [0.2, 0.25) is 5.02 Å². The van der Waals surface area contributed by atoms with Crippen molar-refractivity contribution in [3.63, 3.8) is 0 Å². The van der Waals surface area contributed by atoms with Crippen molar-refractivity contribution < 1.29 is 4.79 Å². The number of nitrogens with one attached hydrogen (secondary N) is 1. The molecule has 0 aliphatic carbocycles. The average molecular weight is 413 g/mol. The summed E-state index contributed by atoms with van der Waals surface area (Å²) in [4.78, 5) is 35.3. The number of carbonyl (C=O) groups is 1. The maximum Gasteiger partial charge on any atom is 0.272 e. The quantitative estimate of drug-likeness (QED) is 0.538. The van der Waals surface area contributed by atoms with Crippen LogP contribution in [0.25, 0.3) is 20.4 Å². The van der Waals surface area contributed by atoms with Gasteiger partial charge < -0.3 is 5.32 Å². The van der Waals surface area contributed by atoms with E-state index in [-0.39, 0.29) is 11.5 Å². The van der Waals surface area contributed by atoms with Gasteiger partial charge in [0.25, 0.3) is 5.56 Å². The largest absolute Gasteiger partial charge is 0.350 e. The minimum atomic E-state index is -0.648. The van der Waals surface area contributed by atoms with Crippen molar-refractivity contribution in [2.45, 2.75) is 25.9 Å². The van der Waals surface area contributed by atoms with Crippen LogP contribution in [0.5, 0.6) is 0 Å². The summed E-state index contributed by atoms with van der Waals surface area (Å²) < 4.78 is 1.91. The van der Waals surface area contributed by atoms with Crippen molar-refractivity contribution in [3.8, 4) is 0 Å². The van der Waals surface area contributed by atoms with Crippen molar-refractivity contribution in [3.05, 3.63) is 69.9 Å². The molecule has 0 saturated carbocycles. The highest BCUT2D eigenvalue weighted by atomic mass is 35.5. The molecule has 0 fully saturated rings. The van der Waals surface area contributed by atoms with E-state index >= 15 is 0 Å². The Bertz CT molecular complexity index is 1230. The first-order chi connectivity index (χ1) is 13.6. The third-order valence-corrected chi connectivity index (χ3v) is 6.08. The van der Waals surface area contributed by atoms with E-state index in [1.165, 1.54) is 22.2 Å². The molecule has 142 valence electrons. The smallest absolute Gasteiger partial charge is 0.272 e. The molecular formula is C20H17ClN4O2S. The summed E-state index contributed by atoms with van der Waals surface area (Å²) in [6.07, 6.45) is 3.60. The number of pyridine rings is 1. The van der Waals surface area contributed by atoms with E-state index in [0.717, 1.165) is 15.8 Å². The van der Waals surface area contributed by atoms with Crippen molar-refractivity contribution in [1.29, 1.82) is 0 Å². The predicted molar refractivity (Wildman–Crippen MR) is 112 cm³/mol. The van der Waals surface area contributed by atoms with Crippen molar-refractivity contribution in [2.24, 2.45) is 0 Å². The van der Waals surface area contributed by atoms with Crippen LogP contribution in [0.3, 0.4) is 0 Å². The molecule has 3 aromatic heterocycles. The topological polar surface area (TPSA) is 76.9 Å². The fraction of sp³-hybridized carbons (Fsp3) is 0.200. The van der Waals surface area contributed by atoms with E-state index in [1.807, 2.05) is 37.3 Å². The van der Waals surface area contributed by atoms with E-state index < -0.39 is 6.04 Å². The van der Waals surface area contributed by atoms with Crippen LogP contribution >= 0.6 is 22.9 Å². The Morgan fingerprint density at radius 3 is 2.86 bits per heavy atom. The Balaban J connectivity index is 1.65. The maximum atomic E-state index is 13.0. The molecule has 0 aliphatic rings. The zero-order valence-electron chi connectivity index (χ0n) is 15.1. The van der Waals surface area contributed by atoms with Crippen LogP contribution < -0.4 is 10.9 Å². The molecule has 4 rings (SSSR count). The first kappa shape index (κ1) is 18.6. The van der Waals surface area contributed by atoms with Gasteiger partial charge in [-0.25, -0.2) is 9.97 Å². The summed E-state index contributed by atoms with van der Waals surface area (Å²) in [5, 5.41) is 4.31. The number of hydrogen-bond donors (Lipinski definition) is 1. The van der Waals surface area contributed by atoms with Gasteiger partial charge in [0, 0.05) is 23.2 Å².